The van der Waals surface area contributed by atoms with E-state index in [9.17, 15) is 44.7 Å². The zero-order chi connectivity index (χ0) is 31.9. The van der Waals surface area contributed by atoms with E-state index in [4.69, 9.17) is 0 Å². The second kappa shape index (κ2) is 14.0. The molecule has 232 valence electrons. The quantitative estimate of drug-likeness (QED) is 0.122. The van der Waals surface area contributed by atoms with Crippen LogP contribution in [-0.4, -0.2) is 36.5 Å². The second-order valence-electron chi connectivity index (χ2n) is 9.84. The van der Waals surface area contributed by atoms with Gasteiger partial charge in [-0.15, -0.1) is 0 Å². The van der Waals surface area contributed by atoms with E-state index in [-0.39, 0.29) is 17.5 Å². The molecule has 0 aliphatic rings. The number of hydrogen-bond acceptors (Lipinski definition) is 4. The van der Waals surface area contributed by atoms with Gasteiger partial charge in [0.25, 0.3) is 0 Å². The van der Waals surface area contributed by atoms with E-state index < -0.39 is 65.7 Å². The Bertz CT molecular complexity index is 1410. The molecule has 3 rings (SSSR count). The molecule has 0 aliphatic heterocycles. The first-order valence-electron chi connectivity index (χ1n) is 13.4. The summed E-state index contributed by atoms with van der Waals surface area (Å²) in [6, 6.07) is 12.7. The number of hydrogen-bond donors (Lipinski definition) is 0. The highest BCUT2D eigenvalue weighted by atomic mass is 19.4. The molecule has 0 spiro atoms. The minimum absolute atomic E-state index is 0.202. The first kappa shape index (κ1) is 33.5. The van der Waals surface area contributed by atoms with Crippen LogP contribution in [0.5, 0.6) is 0 Å². The van der Waals surface area contributed by atoms with Gasteiger partial charge in [-0.05, 0) is 66.3 Å². The van der Waals surface area contributed by atoms with E-state index in [0.717, 1.165) is 37.1 Å². The lowest BCUT2D eigenvalue weighted by molar-refractivity contribution is -0.206. The molecule has 2 atom stereocenters. The Morgan fingerprint density at radius 3 is 1.49 bits per heavy atom. The van der Waals surface area contributed by atoms with Crippen LogP contribution in [0, 0.1) is 11.6 Å². The molecule has 4 nitrogen and oxygen atoms in total. The van der Waals surface area contributed by atoms with Crippen LogP contribution in [0.25, 0.3) is 22.3 Å². The molecule has 0 heterocycles. The van der Waals surface area contributed by atoms with E-state index in [1.54, 1.807) is 0 Å². The maximum absolute atomic E-state index is 14.8. The molecule has 0 aromatic heterocycles. The van der Waals surface area contributed by atoms with Gasteiger partial charge in [0.05, 0.1) is 11.1 Å². The summed E-state index contributed by atoms with van der Waals surface area (Å²) in [5.41, 5.74) is 0.140. The number of benzene rings is 3. The maximum atomic E-state index is 14.8. The van der Waals surface area contributed by atoms with Gasteiger partial charge >= 0.3 is 24.3 Å². The first-order valence-corrected chi connectivity index (χ1v) is 13.4. The van der Waals surface area contributed by atoms with Gasteiger partial charge in [0, 0.05) is 0 Å². The minimum Gasteiger partial charge on any atom is -0.449 e. The largest absolute Gasteiger partial charge is 0.449 e. The molecule has 0 amide bonds. The third-order valence-electron chi connectivity index (χ3n) is 6.61. The molecule has 43 heavy (non-hydrogen) atoms. The predicted octanol–water partition coefficient (Wildman–Crippen LogP) is 9.46. The number of rotatable bonds is 11. The lowest BCUT2D eigenvalue weighted by Gasteiger charge is -2.21. The predicted molar refractivity (Wildman–Crippen MR) is 142 cm³/mol. The molecule has 0 saturated carbocycles. The van der Waals surface area contributed by atoms with Gasteiger partial charge in [0.15, 0.2) is 12.2 Å². The Morgan fingerprint density at radius 1 is 0.651 bits per heavy atom. The molecule has 12 heteroatoms. The number of carbonyl (C=O) groups excluding carboxylic acids is 2. The first-order chi connectivity index (χ1) is 20.1. The standard InChI is InChI=1S/C31H28F8O4/c1-3-4-5-6-7-27(31(37,38)39)43-29(41)24-15-13-22(17-26(24)33)20-10-8-19(9-11-20)21-12-14-23(25(32)16-21)28(40)42-18(2)30(34,35)36/h8-18,27H,3-7H2,1-2H3/t18-,27-/m0/s1. The molecule has 3 aromatic carbocycles. The Morgan fingerprint density at radius 2 is 1.09 bits per heavy atom. The number of esters is 2. The molecular formula is C31H28F8O4. The van der Waals surface area contributed by atoms with Crippen molar-refractivity contribution in [3.05, 3.63) is 83.4 Å². The number of alkyl halides is 6. The fourth-order valence-corrected chi connectivity index (χ4v) is 4.11. The number of halogens is 8. The van der Waals surface area contributed by atoms with Crippen molar-refractivity contribution in [3.63, 3.8) is 0 Å². The summed E-state index contributed by atoms with van der Waals surface area (Å²) in [6.45, 7) is 2.52. The normalized spacial score (nSPS) is 13.3. The average Bonchev–Trinajstić information content (AvgIpc) is 2.93. The number of ether oxygens (including phenoxy) is 2. The van der Waals surface area contributed by atoms with Crippen LogP contribution < -0.4 is 0 Å². The second-order valence-corrected chi connectivity index (χ2v) is 9.84. The third kappa shape index (κ3) is 9.01. The highest BCUT2D eigenvalue weighted by molar-refractivity contribution is 5.91. The van der Waals surface area contributed by atoms with Crippen LogP contribution in [0.15, 0.2) is 60.7 Å². The van der Waals surface area contributed by atoms with Gasteiger partial charge < -0.3 is 9.47 Å². The highest BCUT2D eigenvalue weighted by Gasteiger charge is 2.43. The van der Waals surface area contributed by atoms with E-state index in [1.165, 1.54) is 36.4 Å². The summed E-state index contributed by atoms with van der Waals surface area (Å²) in [5.74, 6) is -5.08. The van der Waals surface area contributed by atoms with Crippen LogP contribution >= 0.6 is 0 Å². The van der Waals surface area contributed by atoms with Gasteiger partial charge in [-0.2, -0.15) is 26.3 Å². The lowest BCUT2D eigenvalue weighted by atomic mass is 9.98. The SMILES string of the molecule is CCCCCC[C@H](OC(=O)c1ccc(-c2ccc(-c3ccc(C(=O)O[C@@H](C)C(F)(F)F)c(F)c3)cc2)cc1F)C(F)(F)F. The smallest absolute Gasteiger partial charge is 0.425 e. The summed E-state index contributed by atoms with van der Waals surface area (Å²) < 4.78 is 116. The third-order valence-corrected chi connectivity index (χ3v) is 6.61. The van der Waals surface area contributed by atoms with Gasteiger partial charge in [0.1, 0.15) is 11.6 Å². The van der Waals surface area contributed by atoms with Crippen molar-refractivity contribution in [1.82, 2.24) is 0 Å². The Balaban J connectivity index is 1.72. The molecule has 0 saturated heterocycles. The van der Waals surface area contributed by atoms with Crippen molar-refractivity contribution in [3.8, 4) is 22.3 Å². The molecule has 0 bridgehead atoms. The van der Waals surface area contributed by atoms with Crippen molar-refractivity contribution < 1.29 is 54.2 Å². The Labute approximate surface area is 242 Å². The molecule has 0 radical (unpaired) electrons. The summed E-state index contributed by atoms with van der Waals surface area (Å²) >= 11 is 0. The molecular weight excluding hydrogens is 588 g/mol. The number of unbranched alkanes of at least 4 members (excludes halogenated alkanes) is 3. The van der Waals surface area contributed by atoms with Crippen molar-refractivity contribution in [2.75, 3.05) is 0 Å². The van der Waals surface area contributed by atoms with E-state index in [2.05, 4.69) is 9.47 Å². The van der Waals surface area contributed by atoms with Gasteiger partial charge in [-0.1, -0.05) is 62.6 Å². The Kier molecular flexibility index (Phi) is 10.9. The molecule has 0 unspecified atom stereocenters. The van der Waals surface area contributed by atoms with Crippen LogP contribution in [0.2, 0.25) is 0 Å². The zero-order valence-corrected chi connectivity index (χ0v) is 23.1. The summed E-state index contributed by atoms with van der Waals surface area (Å²) in [7, 11) is 0. The van der Waals surface area contributed by atoms with E-state index in [0.29, 0.717) is 24.5 Å². The zero-order valence-electron chi connectivity index (χ0n) is 23.1. The number of carbonyl (C=O) groups is 2. The van der Waals surface area contributed by atoms with Gasteiger partial charge in [0.2, 0.25) is 0 Å². The Hall–Kier alpha value is -3.96. The van der Waals surface area contributed by atoms with Gasteiger partial charge in [-0.25, -0.2) is 18.4 Å². The van der Waals surface area contributed by atoms with E-state index >= 15 is 0 Å². The summed E-state index contributed by atoms with van der Waals surface area (Å²) in [6.07, 6.45) is -12.5. The van der Waals surface area contributed by atoms with Crippen molar-refractivity contribution >= 4 is 11.9 Å². The average molecular weight is 617 g/mol. The van der Waals surface area contributed by atoms with Crippen LogP contribution in [-0.2, 0) is 9.47 Å². The van der Waals surface area contributed by atoms with Crippen LogP contribution in [0.3, 0.4) is 0 Å². The monoisotopic (exact) mass is 616 g/mol. The minimum atomic E-state index is -4.80. The van der Waals surface area contributed by atoms with Crippen LogP contribution in [0.1, 0.15) is 66.7 Å². The topological polar surface area (TPSA) is 52.6 Å². The van der Waals surface area contributed by atoms with Crippen molar-refractivity contribution in [2.24, 2.45) is 0 Å². The molecule has 0 fully saturated rings. The summed E-state index contributed by atoms with van der Waals surface area (Å²) in [4.78, 5) is 24.3. The van der Waals surface area contributed by atoms with Crippen molar-refractivity contribution in [2.45, 2.75) is 70.5 Å². The molecule has 3 aromatic rings. The fraction of sp³-hybridized carbons (Fsp3) is 0.355. The molecule has 0 N–H and O–H groups in total. The lowest BCUT2D eigenvalue weighted by Crippen LogP contribution is -2.34. The maximum Gasteiger partial charge on any atom is 0.425 e. The highest BCUT2D eigenvalue weighted by Crippen LogP contribution is 2.31. The van der Waals surface area contributed by atoms with Crippen LogP contribution in [0.4, 0.5) is 35.1 Å². The fourth-order valence-electron chi connectivity index (χ4n) is 4.11. The summed E-state index contributed by atoms with van der Waals surface area (Å²) in [5, 5.41) is 0. The van der Waals surface area contributed by atoms with Gasteiger partial charge in [-0.3, -0.25) is 0 Å². The van der Waals surface area contributed by atoms with Crippen molar-refractivity contribution in [1.29, 1.82) is 0 Å². The van der Waals surface area contributed by atoms with E-state index in [1.807, 2.05) is 6.92 Å². The molecule has 0 aliphatic carbocycles.